The normalized spacial score (nSPS) is 30.2. The van der Waals surface area contributed by atoms with Crippen LogP contribution in [0.3, 0.4) is 0 Å². The Balaban J connectivity index is 1.28. The predicted molar refractivity (Wildman–Crippen MR) is 145 cm³/mol. The van der Waals surface area contributed by atoms with Gasteiger partial charge in [-0.05, 0) is 42.9 Å². The molecule has 4 aliphatic rings. The summed E-state index contributed by atoms with van der Waals surface area (Å²) in [6, 6.07) is 19.6. The number of fused-ring (bicyclic) bond motifs is 2. The van der Waals surface area contributed by atoms with Crippen LogP contribution in [0.5, 0.6) is 0 Å². The molecule has 0 spiro atoms. The van der Waals surface area contributed by atoms with Gasteiger partial charge in [0.15, 0.2) is 17.0 Å². The van der Waals surface area contributed by atoms with Gasteiger partial charge in [-0.3, -0.25) is 4.79 Å². The Morgan fingerprint density at radius 2 is 1.82 bits per heavy atom. The third-order valence-corrected chi connectivity index (χ3v) is 8.60. The fourth-order valence-corrected chi connectivity index (χ4v) is 6.49. The predicted octanol–water partition coefficient (Wildman–Crippen LogP) is 2.37. The Bertz CT molecular complexity index is 1650. The summed E-state index contributed by atoms with van der Waals surface area (Å²) in [5.74, 6) is 7.23. The quantitative estimate of drug-likeness (QED) is 0.298. The number of imidazole rings is 1. The SMILES string of the molecule is CNC(=O)C12C[C@@H](n3cnc4c(N[C@@H]5CC5c5ccccc5)nc(C#Cc5ccccc5)nc43)[C@](O)(C1)[C@@H]2O. The number of nitrogens with one attached hydrogen (secondary N) is 2. The largest absolute Gasteiger partial charge is 0.389 e. The minimum Gasteiger partial charge on any atom is -0.389 e. The number of aliphatic hydroxyl groups is 2. The second kappa shape index (κ2) is 8.63. The van der Waals surface area contributed by atoms with E-state index in [1.165, 1.54) is 5.56 Å². The summed E-state index contributed by atoms with van der Waals surface area (Å²) in [5.41, 5.74) is 0.727. The maximum atomic E-state index is 12.6. The van der Waals surface area contributed by atoms with E-state index in [1.54, 1.807) is 17.9 Å². The van der Waals surface area contributed by atoms with Crippen molar-refractivity contribution in [2.75, 3.05) is 12.4 Å². The van der Waals surface area contributed by atoms with Crippen LogP contribution in [0.4, 0.5) is 5.82 Å². The molecule has 4 N–H and O–H groups in total. The zero-order valence-corrected chi connectivity index (χ0v) is 21.4. The van der Waals surface area contributed by atoms with Gasteiger partial charge in [-0.25, -0.2) is 15.0 Å². The van der Waals surface area contributed by atoms with Crippen molar-refractivity contribution >= 4 is 22.9 Å². The fraction of sp³-hybridized carbons (Fsp3) is 0.333. The first-order valence-electron chi connectivity index (χ1n) is 13.2. The van der Waals surface area contributed by atoms with E-state index >= 15 is 0 Å². The zero-order chi connectivity index (χ0) is 26.8. The average molecular weight is 521 g/mol. The van der Waals surface area contributed by atoms with Crippen molar-refractivity contribution in [3.63, 3.8) is 0 Å². The van der Waals surface area contributed by atoms with Gasteiger partial charge in [0.2, 0.25) is 11.7 Å². The molecule has 8 rings (SSSR count). The number of aromatic nitrogens is 4. The van der Waals surface area contributed by atoms with Crippen molar-refractivity contribution < 1.29 is 15.0 Å². The molecule has 196 valence electrons. The van der Waals surface area contributed by atoms with Gasteiger partial charge in [-0.15, -0.1) is 0 Å². The molecule has 4 aliphatic carbocycles. The lowest BCUT2D eigenvalue weighted by molar-refractivity contribution is -0.199. The minimum absolute atomic E-state index is 0.183. The number of carbonyl (C=O) groups is 1. The highest BCUT2D eigenvalue weighted by Crippen LogP contribution is 2.66. The topological polar surface area (TPSA) is 125 Å². The highest BCUT2D eigenvalue weighted by molar-refractivity contribution is 5.87. The van der Waals surface area contributed by atoms with E-state index in [0.29, 0.717) is 28.7 Å². The smallest absolute Gasteiger partial charge is 0.228 e. The van der Waals surface area contributed by atoms with Crippen LogP contribution in [0.25, 0.3) is 11.2 Å². The molecule has 2 unspecified atom stereocenters. The van der Waals surface area contributed by atoms with Gasteiger partial charge < -0.3 is 25.4 Å². The molecular weight excluding hydrogens is 492 g/mol. The van der Waals surface area contributed by atoms with Crippen LogP contribution >= 0.6 is 0 Å². The van der Waals surface area contributed by atoms with Gasteiger partial charge in [0.25, 0.3) is 0 Å². The van der Waals surface area contributed by atoms with Crippen molar-refractivity contribution in [1.82, 2.24) is 24.8 Å². The molecular formula is C30H28N6O3. The van der Waals surface area contributed by atoms with E-state index in [1.807, 2.05) is 48.5 Å². The maximum Gasteiger partial charge on any atom is 0.228 e. The van der Waals surface area contributed by atoms with Gasteiger partial charge in [-0.1, -0.05) is 54.5 Å². The highest BCUT2D eigenvalue weighted by Gasteiger charge is 2.76. The Labute approximate surface area is 225 Å². The maximum absolute atomic E-state index is 12.6. The van der Waals surface area contributed by atoms with Crippen LogP contribution in [0.1, 0.15) is 48.2 Å². The van der Waals surface area contributed by atoms with E-state index in [4.69, 9.17) is 9.97 Å². The molecule has 4 saturated carbocycles. The summed E-state index contributed by atoms with van der Waals surface area (Å²) in [5, 5.41) is 28.4. The monoisotopic (exact) mass is 520 g/mol. The molecule has 4 fully saturated rings. The van der Waals surface area contributed by atoms with Crippen LogP contribution in [0.2, 0.25) is 0 Å². The Morgan fingerprint density at radius 3 is 2.54 bits per heavy atom. The molecule has 2 aromatic heterocycles. The third kappa shape index (κ3) is 3.63. The standard InChI is InChI=1S/C30H28N6O3/c1-31-28(38)29-15-22(30(39,16-29)27(29)37)36-17-32-24-25(33-21-14-20(21)19-10-6-3-7-11-19)34-23(35-26(24)36)13-12-18-8-4-2-5-9-18/h2-11,17,20-22,27,37,39H,14-16H2,1H3,(H,31,38)(H,33,34,35)/t20?,21-,22-,27-,29?,30-/m1/s1. The molecule has 0 aliphatic heterocycles. The first kappa shape index (κ1) is 23.8. The summed E-state index contributed by atoms with van der Waals surface area (Å²) in [7, 11) is 1.55. The Hall–Kier alpha value is -4.26. The van der Waals surface area contributed by atoms with Gasteiger partial charge in [0.05, 0.1) is 23.9 Å². The number of anilines is 1. The number of carbonyl (C=O) groups excluding carboxylic acids is 1. The fourth-order valence-electron chi connectivity index (χ4n) is 6.49. The van der Waals surface area contributed by atoms with Crippen LogP contribution in [0.15, 0.2) is 67.0 Å². The van der Waals surface area contributed by atoms with Crippen LogP contribution in [0, 0.1) is 17.3 Å². The number of hydrogen-bond acceptors (Lipinski definition) is 7. The van der Waals surface area contributed by atoms with Crippen molar-refractivity contribution in [3.05, 3.63) is 83.9 Å². The zero-order valence-electron chi connectivity index (χ0n) is 21.4. The lowest BCUT2D eigenvalue weighted by Gasteiger charge is -2.48. The average Bonchev–Trinajstić information content (AvgIpc) is 3.39. The van der Waals surface area contributed by atoms with Gasteiger partial charge in [0.1, 0.15) is 5.60 Å². The van der Waals surface area contributed by atoms with Crippen molar-refractivity contribution in [2.24, 2.45) is 5.41 Å². The molecule has 6 atom stereocenters. The molecule has 2 heterocycles. The van der Waals surface area contributed by atoms with Gasteiger partial charge in [0, 0.05) is 24.6 Å². The molecule has 4 aromatic rings. The molecule has 9 nitrogen and oxygen atoms in total. The third-order valence-electron chi connectivity index (χ3n) is 8.60. The molecule has 0 radical (unpaired) electrons. The lowest BCUT2D eigenvalue weighted by Crippen LogP contribution is -2.64. The number of rotatable bonds is 5. The highest BCUT2D eigenvalue weighted by atomic mass is 16.4. The number of benzene rings is 2. The summed E-state index contributed by atoms with van der Waals surface area (Å²) < 4.78 is 1.78. The van der Waals surface area contributed by atoms with Gasteiger partial charge in [-0.2, -0.15) is 0 Å². The first-order valence-corrected chi connectivity index (χ1v) is 13.2. The van der Waals surface area contributed by atoms with E-state index < -0.39 is 23.2 Å². The van der Waals surface area contributed by atoms with Crippen molar-refractivity contribution in [3.8, 4) is 11.8 Å². The van der Waals surface area contributed by atoms with Crippen LogP contribution < -0.4 is 10.6 Å². The molecule has 0 saturated heterocycles. The van der Waals surface area contributed by atoms with Gasteiger partial charge >= 0.3 is 0 Å². The summed E-state index contributed by atoms with van der Waals surface area (Å²) in [6.45, 7) is 0. The molecule has 2 aromatic carbocycles. The first-order chi connectivity index (χ1) is 18.9. The van der Waals surface area contributed by atoms with Crippen LogP contribution in [-0.2, 0) is 4.79 Å². The van der Waals surface area contributed by atoms with E-state index in [-0.39, 0.29) is 24.8 Å². The summed E-state index contributed by atoms with van der Waals surface area (Å²) >= 11 is 0. The second-order valence-electron chi connectivity index (χ2n) is 10.9. The number of aliphatic hydroxyl groups excluding tert-OH is 1. The second-order valence-corrected chi connectivity index (χ2v) is 10.9. The molecule has 39 heavy (non-hydrogen) atoms. The number of hydrogen-bond donors (Lipinski definition) is 4. The van der Waals surface area contributed by atoms with Crippen molar-refractivity contribution in [1.29, 1.82) is 0 Å². The molecule has 1 amide bonds. The molecule has 2 bridgehead atoms. The Kier molecular flexibility index (Phi) is 5.27. The number of amides is 1. The Morgan fingerprint density at radius 1 is 1.08 bits per heavy atom. The summed E-state index contributed by atoms with van der Waals surface area (Å²) in [6.07, 6.45) is 1.90. The van der Waals surface area contributed by atoms with E-state index in [2.05, 4.69) is 39.6 Å². The molecule has 9 heteroatoms. The summed E-state index contributed by atoms with van der Waals surface area (Å²) in [4.78, 5) is 26.8. The van der Waals surface area contributed by atoms with E-state index in [9.17, 15) is 15.0 Å². The number of nitrogens with zero attached hydrogens (tertiary/aromatic N) is 4. The lowest BCUT2D eigenvalue weighted by atomic mass is 9.63. The minimum atomic E-state index is -1.44. The van der Waals surface area contributed by atoms with E-state index in [0.717, 1.165) is 12.0 Å². The van der Waals surface area contributed by atoms with Crippen molar-refractivity contribution in [2.45, 2.75) is 49.0 Å². The van der Waals surface area contributed by atoms with Crippen LogP contribution in [-0.4, -0.2) is 60.4 Å².